The Morgan fingerprint density at radius 2 is 1.49 bits per heavy atom. The van der Waals surface area contributed by atoms with Gasteiger partial charge in [-0.2, -0.15) is 0 Å². The van der Waals surface area contributed by atoms with Crippen LogP contribution in [0.25, 0.3) is 0 Å². The lowest BCUT2D eigenvalue weighted by Gasteiger charge is -2.28. The minimum Gasteiger partial charge on any atom is -0.508 e. The summed E-state index contributed by atoms with van der Waals surface area (Å²) in [6, 6.07) is 1.17. The van der Waals surface area contributed by atoms with Crippen LogP contribution in [0, 0.1) is 5.92 Å². The van der Waals surface area contributed by atoms with Crippen molar-refractivity contribution < 1.29 is 39.3 Å². The molecule has 0 fully saturated rings. The first-order chi connectivity index (χ1) is 18.4. The van der Waals surface area contributed by atoms with E-state index in [0.717, 1.165) is 0 Å². The Balaban J connectivity index is 3.02. The number of carboxylic acid groups (broad SMARTS) is 2. The summed E-state index contributed by atoms with van der Waals surface area (Å²) in [5, 5.41) is 35.7. The summed E-state index contributed by atoms with van der Waals surface area (Å²) in [4.78, 5) is 61.9. The van der Waals surface area contributed by atoms with E-state index in [4.69, 9.17) is 16.6 Å². The molecule has 0 aliphatic carbocycles. The largest absolute Gasteiger partial charge is 0.508 e. The predicted molar refractivity (Wildman–Crippen MR) is 142 cm³/mol. The number of nitrogens with two attached hydrogens (primary N) is 2. The highest BCUT2D eigenvalue weighted by Gasteiger charge is 2.33. The molecular formula is C26H41N5O8. The Bertz CT molecular complexity index is 972. The number of aromatic hydroxyl groups is 1. The van der Waals surface area contributed by atoms with E-state index in [9.17, 15) is 34.2 Å². The molecule has 1 rings (SSSR count). The van der Waals surface area contributed by atoms with Gasteiger partial charge < -0.3 is 42.7 Å². The maximum Gasteiger partial charge on any atom is 0.326 e. The van der Waals surface area contributed by atoms with Crippen LogP contribution in [0.1, 0.15) is 57.9 Å². The Labute approximate surface area is 227 Å². The fourth-order valence-electron chi connectivity index (χ4n) is 3.74. The van der Waals surface area contributed by atoms with Gasteiger partial charge in [-0.3, -0.25) is 19.2 Å². The zero-order valence-electron chi connectivity index (χ0n) is 22.4. The molecular weight excluding hydrogens is 510 g/mol. The molecule has 0 aliphatic heterocycles. The third-order valence-electron chi connectivity index (χ3n) is 6.37. The van der Waals surface area contributed by atoms with Crippen LogP contribution in [-0.2, 0) is 30.4 Å². The molecule has 1 aromatic carbocycles. The third-order valence-corrected chi connectivity index (χ3v) is 6.37. The highest BCUT2D eigenvalue weighted by atomic mass is 16.4. The van der Waals surface area contributed by atoms with Gasteiger partial charge in [0, 0.05) is 12.8 Å². The highest BCUT2D eigenvalue weighted by Crippen LogP contribution is 2.13. The van der Waals surface area contributed by atoms with Crippen LogP contribution < -0.4 is 27.4 Å². The van der Waals surface area contributed by atoms with Crippen LogP contribution in [0.15, 0.2) is 24.3 Å². The van der Waals surface area contributed by atoms with E-state index in [1.807, 2.05) is 0 Å². The summed E-state index contributed by atoms with van der Waals surface area (Å²) in [5.41, 5.74) is 11.9. The number of aliphatic carboxylic acids is 2. The van der Waals surface area contributed by atoms with Gasteiger partial charge in [-0.15, -0.1) is 0 Å². The first kappa shape index (κ1) is 33.3. The predicted octanol–water partition coefficient (Wildman–Crippen LogP) is -0.159. The lowest BCUT2D eigenvalue weighted by molar-refractivity contribution is -0.142. The van der Waals surface area contributed by atoms with Gasteiger partial charge >= 0.3 is 11.9 Å². The number of carboxylic acids is 2. The normalized spacial score (nSPS) is 14.8. The van der Waals surface area contributed by atoms with E-state index in [1.54, 1.807) is 13.8 Å². The Hall–Kier alpha value is -3.71. The Kier molecular flexibility index (Phi) is 14.5. The number of hydrogen-bond donors (Lipinski definition) is 8. The van der Waals surface area contributed by atoms with Crippen molar-refractivity contribution in [2.75, 3.05) is 6.54 Å². The van der Waals surface area contributed by atoms with E-state index < -0.39 is 66.2 Å². The number of carbonyl (C=O) groups excluding carboxylic acids is 3. The van der Waals surface area contributed by atoms with Crippen LogP contribution in [0.4, 0.5) is 0 Å². The van der Waals surface area contributed by atoms with Gasteiger partial charge in [0.15, 0.2) is 0 Å². The maximum absolute atomic E-state index is 13.2. The highest BCUT2D eigenvalue weighted by molar-refractivity contribution is 5.94. The third kappa shape index (κ3) is 12.1. The SMILES string of the molecule is CCC(C)C(NC(=O)C(CCC(=O)O)NC(=O)C(N)CCCCN)C(=O)NC(Cc1ccc(O)cc1)C(=O)O. The number of benzene rings is 1. The fourth-order valence-corrected chi connectivity index (χ4v) is 3.74. The molecule has 0 aromatic heterocycles. The molecule has 3 amide bonds. The van der Waals surface area contributed by atoms with Crippen LogP contribution in [0.5, 0.6) is 5.75 Å². The molecule has 10 N–H and O–H groups in total. The Morgan fingerprint density at radius 1 is 0.872 bits per heavy atom. The molecule has 13 nitrogen and oxygen atoms in total. The van der Waals surface area contributed by atoms with Crippen molar-refractivity contribution in [3.8, 4) is 5.75 Å². The second-order valence-electron chi connectivity index (χ2n) is 9.53. The lowest BCUT2D eigenvalue weighted by atomic mass is 9.96. The van der Waals surface area contributed by atoms with Crippen LogP contribution in [-0.4, -0.2) is 75.7 Å². The van der Waals surface area contributed by atoms with Crippen molar-refractivity contribution in [2.24, 2.45) is 17.4 Å². The van der Waals surface area contributed by atoms with Gasteiger partial charge in [-0.25, -0.2) is 4.79 Å². The molecule has 13 heteroatoms. The summed E-state index contributed by atoms with van der Waals surface area (Å²) in [6.45, 7) is 3.92. The minimum absolute atomic E-state index is 0.00951. The van der Waals surface area contributed by atoms with Crippen molar-refractivity contribution in [3.63, 3.8) is 0 Å². The van der Waals surface area contributed by atoms with Gasteiger partial charge in [0.05, 0.1) is 6.04 Å². The van der Waals surface area contributed by atoms with E-state index in [2.05, 4.69) is 16.0 Å². The van der Waals surface area contributed by atoms with Crippen LogP contribution >= 0.6 is 0 Å². The summed E-state index contributed by atoms with van der Waals surface area (Å²) in [6.07, 6.45) is 1.31. The summed E-state index contributed by atoms with van der Waals surface area (Å²) in [5.74, 6) is -5.05. The molecule has 0 spiro atoms. The smallest absolute Gasteiger partial charge is 0.326 e. The van der Waals surface area contributed by atoms with Crippen molar-refractivity contribution in [1.29, 1.82) is 0 Å². The quantitative estimate of drug-likeness (QED) is 0.112. The monoisotopic (exact) mass is 551 g/mol. The number of phenols is 1. The second kappa shape index (κ2) is 17.0. The molecule has 0 heterocycles. The number of amides is 3. The number of phenolic OH excluding ortho intramolecular Hbond substituents is 1. The van der Waals surface area contributed by atoms with Gasteiger partial charge in [0.1, 0.15) is 23.9 Å². The molecule has 0 saturated heterocycles. The van der Waals surface area contributed by atoms with Gasteiger partial charge in [0.25, 0.3) is 0 Å². The lowest BCUT2D eigenvalue weighted by Crippen LogP contribution is -2.58. The molecule has 5 unspecified atom stereocenters. The van der Waals surface area contributed by atoms with E-state index in [-0.39, 0.29) is 18.6 Å². The number of unbranched alkanes of at least 4 members (excludes halogenated alkanes) is 1. The van der Waals surface area contributed by atoms with Gasteiger partial charge in [-0.1, -0.05) is 38.8 Å². The molecule has 39 heavy (non-hydrogen) atoms. The van der Waals surface area contributed by atoms with Gasteiger partial charge in [0.2, 0.25) is 17.7 Å². The summed E-state index contributed by atoms with van der Waals surface area (Å²) >= 11 is 0. The molecule has 0 saturated carbocycles. The zero-order chi connectivity index (χ0) is 29.5. The first-order valence-electron chi connectivity index (χ1n) is 13.0. The van der Waals surface area contributed by atoms with E-state index >= 15 is 0 Å². The summed E-state index contributed by atoms with van der Waals surface area (Å²) < 4.78 is 0. The van der Waals surface area contributed by atoms with Gasteiger partial charge in [-0.05, 0) is 49.4 Å². The Morgan fingerprint density at radius 3 is 2.03 bits per heavy atom. The second-order valence-corrected chi connectivity index (χ2v) is 9.53. The van der Waals surface area contributed by atoms with Crippen LogP contribution in [0.2, 0.25) is 0 Å². The first-order valence-corrected chi connectivity index (χ1v) is 13.0. The molecule has 0 radical (unpaired) electrons. The average molecular weight is 552 g/mol. The summed E-state index contributed by atoms with van der Waals surface area (Å²) in [7, 11) is 0. The van der Waals surface area contributed by atoms with Crippen molar-refractivity contribution in [1.82, 2.24) is 16.0 Å². The molecule has 218 valence electrons. The molecule has 0 aliphatic rings. The molecule has 0 bridgehead atoms. The average Bonchev–Trinajstić information content (AvgIpc) is 2.89. The molecule has 5 atom stereocenters. The van der Waals surface area contributed by atoms with Crippen LogP contribution in [0.3, 0.4) is 0 Å². The zero-order valence-corrected chi connectivity index (χ0v) is 22.4. The maximum atomic E-state index is 13.2. The fraction of sp³-hybridized carbons (Fsp3) is 0.577. The van der Waals surface area contributed by atoms with Crippen molar-refractivity contribution in [3.05, 3.63) is 29.8 Å². The minimum atomic E-state index is -1.32. The number of carbonyl (C=O) groups is 5. The van der Waals surface area contributed by atoms with E-state index in [0.29, 0.717) is 37.8 Å². The van der Waals surface area contributed by atoms with Crippen molar-refractivity contribution >= 4 is 29.7 Å². The number of hydrogen-bond acceptors (Lipinski definition) is 8. The standard InChI is InChI=1S/C26H41N5O8/c1-3-15(2)22(25(37)30-20(26(38)39)14-16-7-9-17(32)10-8-16)31-24(36)19(11-12-21(33)34)29-23(35)18(28)6-4-5-13-27/h7-10,15,18-20,22,32H,3-6,11-14,27-28H2,1-2H3,(H,29,35)(H,30,37)(H,31,36)(H,33,34)(H,38,39). The van der Waals surface area contributed by atoms with E-state index in [1.165, 1.54) is 24.3 Å². The van der Waals surface area contributed by atoms with Crippen molar-refractivity contribution in [2.45, 2.75) is 83.0 Å². The number of nitrogens with one attached hydrogen (secondary N) is 3. The molecule has 1 aromatic rings. The topological polar surface area (TPSA) is 234 Å². The number of rotatable bonds is 18.